The zero-order valence-corrected chi connectivity index (χ0v) is 14.2. The van der Waals surface area contributed by atoms with Crippen molar-refractivity contribution in [1.29, 1.82) is 0 Å². The fraction of sp³-hybridized carbons (Fsp3) is 0.529. The number of carbonyl (C=O) groups is 2. The molecule has 1 N–H and O–H groups in total. The first-order valence-corrected chi connectivity index (χ1v) is 7.47. The quantitative estimate of drug-likeness (QED) is 0.774. The summed E-state index contributed by atoms with van der Waals surface area (Å²) in [5.41, 5.74) is -0.0299. The van der Waals surface area contributed by atoms with Crippen molar-refractivity contribution in [2.45, 2.75) is 20.4 Å². The number of nitrogens with one attached hydrogen (secondary N) is 1. The molecule has 1 aromatic carbocycles. The summed E-state index contributed by atoms with van der Waals surface area (Å²) >= 11 is 0. The molecule has 0 unspecified atom stereocenters. The summed E-state index contributed by atoms with van der Waals surface area (Å²) in [5.74, 6) is -0.419. The van der Waals surface area contributed by atoms with E-state index in [0.717, 1.165) is 12.1 Å². The Balaban J connectivity index is 2.62. The second kappa shape index (κ2) is 7.94. The highest BCUT2D eigenvalue weighted by molar-refractivity contribution is 6.04. The number of hydrogen-bond acceptors (Lipinski definition) is 3. The first kappa shape index (κ1) is 18.2. The number of nitrogens with zero attached hydrogens (tertiary/aromatic N) is 2. The smallest absolute Gasteiger partial charge is 0.237 e. The van der Waals surface area contributed by atoms with E-state index in [0.29, 0.717) is 13.1 Å². The van der Waals surface area contributed by atoms with E-state index in [-0.39, 0.29) is 11.8 Å². The molecule has 0 aliphatic rings. The first-order valence-electron chi connectivity index (χ1n) is 7.47. The minimum absolute atomic E-state index is 0.182. The largest absolute Gasteiger partial charge is 0.354 e. The second-order valence-corrected chi connectivity index (χ2v) is 6.33. The fourth-order valence-electron chi connectivity index (χ4n) is 2.12. The Kier molecular flexibility index (Phi) is 6.56. The molecule has 0 bridgehead atoms. The topological polar surface area (TPSA) is 52.7 Å². The van der Waals surface area contributed by atoms with Crippen molar-refractivity contribution < 1.29 is 9.59 Å². The molecule has 0 heterocycles. The summed E-state index contributed by atoms with van der Waals surface area (Å²) in [6, 6.07) is 9.74. The van der Waals surface area contributed by atoms with Gasteiger partial charge in [-0.2, -0.15) is 0 Å². The fourth-order valence-corrected chi connectivity index (χ4v) is 2.12. The molecule has 0 aromatic heterocycles. The van der Waals surface area contributed by atoms with Crippen molar-refractivity contribution in [2.24, 2.45) is 5.41 Å². The molecule has 0 spiro atoms. The van der Waals surface area contributed by atoms with E-state index in [1.807, 2.05) is 49.3 Å². The third-order valence-corrected chi connectivity index (χ3v) is 3.56. The molecule has 0 saturated carbocycles. The van der Waals surface area contributed by atoms with Crippen LogP contribution in [0.3, 0.4) is 0 Å². The van der Waals surface area contributed by atoms with Crippen molar-refractivity contribution in [3.8, 4) is 0 Å². The van der Waals surface area contributed by atoms with Gasteiger partial charge in [0, 0.05) is 26.7 Å². The van der Waals surface area contributed by atoms with Crippen LogP contribution in [0.5, 0.6) is 0 Å². The van der Waals surface area contributed by atoms with Crippen LogP contribution >= 0.6 is 0 Å². The van der Waals surface area contributed by atoms with E-state index in [9.17, 15) is 9.59 Å². The van der Waals surface area contributed by atoms with Crippen LogP contribution < -0.4 is 5.32 Å². The molecule has 0 atom stereocenters. The van der Waals surface area contributed by atoms with Crippen LogP contribution in [0.4, 0.5) is 0 Å². The maximum atomic E-state index is 12.6. The Labute approximate surface area is 133 Å². The standard InChI is InChI=1S/C17H27N3O2/c1-17(2,15(21)18-11-12-19(3)4)16(22)20(5)13-14-9-7-6-8-10-14/h6-10H,11-13H2,1-5H3,(H,18,21). The van der Waals surface area contributed by atoms with Gasteiger partial charge in [0.15, 0.2) is 0 Å². The Morgan fingerprint density at radius 1 is 1.09 bits per heavy atom. The molecule has 0 saturated heterocycles. The average Bonchev–Trinajstić information content (AvgIpc) is 2.46. The summed E-state index contributed by atoms with van der Waals surface area (Å²) in [6.07, 6.45) is 0. The van der Waals surface area contributed by atoms with Crippen LogP contribution in [0.15, 0.2) is 30.3 Å². The summed E-state index contributed by atoms with van der Waals surface area (Å²) in [5, 5.41) is 2.83. The van der Waals surface area contributed by atoms with Crippen molar-refractivity contribution in [1.82, 2.24) is 15.1 Å². The third-order valence-electron chi connectivity index (χ3n) is 3.56. The zero-order valence-electron chi connectivity index (χ0n) is 14.2. The van der Waals surface area contributed by atoms with Gasteiger partial charge >= 0.3 is 0 Å². The van der Waals surface area contributed by atoms with Gasteiger partial charge in [-0.25, -0.2) is 0 Å². The predicted molar refractivity (Wildman–Crippen MR) is 88.3 cm³/mol. The Hall–Kier alpha value is -1.88. The van der Waals surface area contributed by atoms with E-state index in [1.165, 1.54) is 0 Å². The van der Waals surface area contributed by atoms with Gasteiger partial charge in [0.2, 0.25) is 11.8 Å². The molecule has 122 valence electrons. The number of rotatable bonds is 7. The highest BCUT2D eigenvalue weighted by atomic mass is 16.2. The third kappa shape index (κ3) is 5.15. The molecule has 0 aliphatic carbocycles. The van der Waals surface area contributed by atoms with Crippen LogP contribution in [0.2, 0.25) is 0 Å². The molecular weight excluding hydrogens is 278 g/mol. The van der Waals surface area contributed by atoms with Gasteiger partial charge in [-0.15, -0.1) is 0 Å². The van der Waals surface area contributed by atoms with Gasteiger partial charge in [-0.05, 0) is 33.5 Å². The van der Waals surface area contributed by atoms with Crippen molar-refractivity contribution in [3.05, 3.63) is 35.9 Å². The maximum Gasteiger partial charge on any atom is 0.237 e. The van der Waals surface area contributed by atoms with Crippen molar-refractivity contribution in [3.63, 3.8) is 0 Å². The highest BCUT2D eigenvalue weighted by Gasteiger charge is 2.37. The Morgan fingerprint density at radius 3 is 2.23 bits per heavy atom. The van der Waals surface area contributed by atoms with Gasteiger partial charge < -0.3 is 15.1 Å². The van der Waals surface area contributed by atoms with E-state index in [4.69, 9.17) is 0 Å². The molecule has 0 radical (unpaired) electrons. The number of benzene rings is 1. The van der Waals surface area contributed by atoms with E-state index < -0.39 is 5.41 Å². The van der Waals surface area contributed by atoms with Crippen molar-refractivity contribution in [2.75, 3.05) is 34.2 Å². The summed E-state index contributed by atoms with van der Waals surface area (Å²) in [4.78, 5) is 28.4. The molecule has 1 aromatic rings. The SMILES string of the molecule is CN(C)CCNC(=O)C(C)(C)C(=O)N(C)Cc1ccccc1. The lowest BCUT2D eigenvalue weighted by Gasteiger charge is -2.28. The minimum atomic E-state index is -1.07. The highest BCUT2D eigenvalue weighted by Crippen LogP contribution is 2.19. The average molecular weight is 305 g/mol. The summed E-state index contributed by atoms with van der Waals surface area (Å²) in [7, 11) is 5.61. The first-order chi connectivity index (χ1) is 10.2. The molecule has 2 amide bonds. The number of likely N-dealkylation sites (N-methyl/N-ethyl adjacent to an activating group) is 1. The van der Waals surface area contributed by atoms with Crippen LogP contribution in [-0.4, -0.2) is 55.8 Å². The van der Waals surface area contributed by atoms with Gasteiger partial charge in [-0.3, -0.25) is 9.59 Å². The van der Waals surface area contributed by atoms with Crippen LogP contribution in [-0.2, 0) is 16.1 Å². The number of hydrogen-bond donors (Lipinski definition) is 1. The molecule has 5 nitrogen and oxygen atoms in total. The van der Waals surface area contributed by atoms with Gasteiger partial charge in [-0.1, -0.05) is 30.3 Å². The summed E-state index contributed by atoms with van der Waals surface area (Å²) < 4.78 is 0. The molecule has 1 rings (SSSR count). The molecule has 5 heteroatoms. The van der Waals surface area contributed by atoms with Crippen LogP contribution in [0.1, 0.15) is 19.4 Å². The summed E-state index contributed by atoms with van der Waals surface area (Å²) in [6.45, 7) is 5.11. The second-order valence-electron chi connectivity index (χ2n) is 6.33. The van der Waals surface area contributed by atoms with Gasteiger partial charge in [0.25, 0.3) is 0 Å². The van der Waals surface area contributed by atoms with Crippen LogP contribution in [0, 0.1) is 5.41 Å². The normalized spacial score (nSPS) is 11.4. The van der Waals surface area contributed by atoms with Crippen LogP contribution in [0.25, 0.3) is 0 Å². The van der Waals surface area contributed by atoms with E-state index in [2.05, 4.69) is 5.32 Å². The Bertz CT molecular complexity index is 498. The van der Waals surface area contributed by atoms with Crippen molar-refractivity contribution >= 4 is 11.8 Å². The number of carbonyl (C=O) groups excluding carboxylic acids is 2. The van der Waals surface area contributed by atoms with Gasteiger partial charge in [0.1, 0.15) is 5.41 Å². The monoisotopic (exact) mass is 305 g/mol. The molecule has 0 aliphatic heterocycles. The zero-order chi connectivity index (χ0) is 16.8. The Morgan fingerprint density at radius 2 is 1.68 bits per heavy atom. The lowest BCUT2D eigenvalue weighted by atomic mass is 9.90. The minimum Gasteiger partial charge on any atom is -0.354 e. The predicted octanol–water partition coefficient (Wildman–Crippen LogP) is 1.35. The maximum absolute atomic E-state index is 12.6. The molecule has 0 fully saturated rings. The van der Waals surface area contributed by atoms with Gasteiger partial charge in [0.05, 0.1) is 0 Å². The molecule has 22 heavy (non-hydrogen) atoms. The van der Waals surface area contributed by atoms with E-state index in [1.54, 1.807) is 25.8 Å². The molecular formula is C17H27N3O2. The van der Waals surface area contributed by atoms with E-state index >= 15 is 0 Å². The lowest BCUT2D eigenvalue weighted by Crippen LogP contribution is -2.49. The lowest BCUT2D eigenvalue weighted by molar-refractivity contribution is -0.148. The number of amides is 2.